The maximum Gasteiger partial charge on any atom is 0.433 e. The summed E-state index contributed by atoms with van der Waals surface area (Å²) in [6.45, 7) is 0.204. The number of alkyl halides is 3. The molecule has 166 valence electrons. The van der Waals surface area contributed by atoms with E-state index in [4.69, 9.17) is 0 Å². The summed E-state index contributed by atoms with van der Waals surface area (Å²) in [6.07, 6.45) is -2.18. The highest BCUT2D eigenvalue weighted by Gasteiger charge is 2.42. The van der Waals surface area contributed by atoms with Gasteiger partial charge in [0.25, 0.3) is 0 Å². The van der Waals surface area contributed by atoms with Gasteiger partial charge in [0.05, 0.1) is 29.0 Å². The fraction of sp³-hybridized carbons (Fsp3) is 0.364. The van der Waals surface area contributed by atoms with Crippen LogP contribution in [0.1, 0.15) is 36.7 Å². The Morgan fingerprint density at radius 1 is 1.22 bits per heavy atom. The second-order valence-electron chi connectivity index (χ2n) is 8.32. The Morgan fingerprint density at radius 3 is 2.75 bits per heavy atom. The van der Waals surface area contributed by atoms with Crippen molar-refractivity contribution in [1.82, 2.24) is 20.3 Å². The fourth-order valence-corrected chi connectivity index (χ4v) is 4.25. The number of anilines is 1. The van der Waals surface area contributed by atoms with Crippen LogP contribution >= 0.6 is 0 Å². The summed E-state index contributed by atoms with van der Waals surface area (Å²) >= 11 is 0. The standard InChI is InChI=1S/C22H20F3N5O2/c23-22(24,25)18-6-5-14(10-26-18)30-11-13(9-20(30)32)27-19(31)8-12-7-15(12)21-28-16-3-1-2-4-17(16)29-21/h1-6,10,12-13,15H,7-9,11H2,(H,27,31)(H,28,29)/t12-,13?,15-/m0/s1. The zero-order valence-corrected chi connectivity index (χ0v) is 16.9. The van der Waals surface area contributed by atoms with Gasteiger partial charge in [-0.1, -0.05) is 12.1 Å². The highest BCUT2D eigenvalue weighted by atomic mass is 19.4. The molecule has 1 unspecified atom stereocenters. The van der Waals surface area contributed by atoms with Crippen LogP contribution in [0, 0.1) is 5.92 Å². The van der Waals surface area contributed by atoms with Crippen molar-refractivity contribution in [3.63, 3.8) is 0 Å². The van der Waals surface area contributed by atoms with E-state index < -0.39 is 11.9 Å². The molecule has 1 saturated carbocycles. The van der Waals surface area contributed by atoms with Crippen molar-refractivity contribution in [2.24, 2.45) is 5.92 Å². The highest BCUT2D eigenvalue weighted by molar-refractivity contribution is 5.96. The zero-order chi connectivity index (χ0) is 22.5. The van der Waals surface area contributed by atoms with Crippen LogP contribution in [0.15, 0.2) is 42.6 Å². The first kappa shape index (κ1) is 20.5. The number of pyridine rings is 1. The van der Waals surface area contributed by atoms with Gasteiger partial charge in [0, 0.05) is 25.3 Å². The van der Waals surface area contributed by atoms with E-state index >= 15 is 0 Å². The molecule has 0 spiro atoms. The van der Waals surface area contributed by atoms with Crippen LogP contribution in [-0.4, -0.2) is 39.4 Å². The van der Waals surface area contributed by atoms with Crippen LogP contribution in [0.25, 0.3) is 11.0 Å². The smallest absolute Gasteiger partial charge is 0.351 e. The van der Waals surface area contributed by atoms with E-state index in [1.54, 1.807) is 0 Å². The summed E-state index contributed by atoms with van der Waals surface area (Å²) in [4.78, 5) is 37.5. The summed E-state index contributed by atoms with van der Waals surface area (Å²) in [6, 6.07) is 9.45. The van der Waals surface area contributed by atoms with Gasteiger partial charge < -0.3 is 15.2 Å². The van der Waals surface area contributed by atoms with Crippen LogP contribution in [0.2, 0.25) is 0 Å². The lowest BCUT2D eigenvalue weighted by Gasteiger charge is -2.17. The van der Waals surface area contributed by atoms with Gasteiger partial charge in [-0.15, -0.1) is 0 Å². The molecule has 2 amide bonds. The Kier molecular flexibility index (Phi) is 4.87. The predicted molar refractivity (Wildman–Crippen MR) is 110 cm³/mol. The number of carbonyl (C=O) groups is 2. The van der Waals surface area contributed by atoms with Crippen LogP contribution in [0.4, 0.5) is 18.9 Å². The van der Waals surface area contributed by atoms with E-state index in [9.17, 15) is 22.8 Å². The molecule has 3 aromatic rings. The third-order valence-electron chi connectivity index (χ3n) is 5.97. The number of imidazole rings is 1. The van der Waals surface area contributed by atoms with Gasteiger partial charge >= 0.3 is 6.18 Å². The first-order valence-electron chi connectivity index (χ1n) is 10.4. The summed E-state index contributed by atoms with van der Waals surface area (Å²) in [5, 5.41) is 2.88. The molecule has 0 bridgehead atoms. The second-order valence-corrected chi connectivity index (χ2v) is 8.32. The molecule has 1 aliphatic carbocycles. The number of hydrogen-bond acceptors (Lipinski definition) is 4. The average molecular weight is 443 g/mol. The number of hydrogen-bond donors (Lipinski definition) is 2. The predicted octanol–water partition coefficient (Wildman–Crippen LogP) is 3.39. The SMILES string of the molecule is O=C(C[C@@H]1C[C@@H]1c1nc2ccccc2[nH]1)NC1CC(=O)N(c2ccc(C(F)(F)F)nc2)C1. The highest BCUT2D eigenvalue weighted by Crippen LogP contribution is 2.48. The first-order valence-corrected chi connectivity index (χ1v) is 10.4. The Bertz CT molecular complexity index is 1140. The van der Waals surface area contributed by atoms with E-state index in [1.165, 1.54) is 11.0 Å². The number of aromatic nitrogens is 3. The Labute approximate surface area is 181 Å². The molecule has 2 aromatic heterocycles. The van der Waals surface area contributed by atoms with Gasteiger partial charge in [-0.2, -0.15) is 13.2 Å². The van der Waals surface area contributed by atoms with E-state index in [0.717, 1.165) is 35.5 Å². The van der Waals surface area contributed by atoms with Gasteiger partial charge in [0.15, 0.2) is 0 Å². The lowest BCUT2D eigenvalue weighted by molar-refractivity contribution is -0.141. The number of H-pyrrole nitrogens is 1. The molecule has 3 atom stereocenters. The number of amides is 2. The van der Waals surface area contributed by atoms with Crippen molar-refractivity contribution >= 4 is 28.5 Å². The monoisotopic (exact) mass is 443 g/mol. The molecular weight excluding hydrogens is 423 g/mol. The molecule has 7 nitrogen and oxygen atoms in total. The Balaban J connectivity index is 1.15. The number of benzene rings is 1. The van der Waals surface area contributed by atoms with Gasteiger partial charge in [-0.25, -0.2) is 9.97 Å². The molecule has 2 N–H and O–H groups in total. The Hall–Kier alpha value is -3.43. The van der Waals surface area contributed by atoms with Crippen molar-refractivity contribution in [2.45, 2.75) is 37.4 Å². The minimum absolute atomic E-state index is 0.102. The van der Waals surface area contributed by atoms with Crippen molar-refractivity contribution in [3.05, 3.63) is 54.1 Å². The normalized spacial score (nSPS) is 23.0. The first-order chi connectivity index (χ1) is 15.3. The average Bonchev–Trinajstić information content (AvgIpc) is 3.20. The van der Waals surface area contributed by atoms with Crippen molar-refractivity contribution in [1.29, 1.82) is 0 Å². The van der Waals surface area contributed by atoms with E-state index in [0.29, 0.717) is 6.42 Å². The summed E-state index contributed by atoms with van der Waals surface area (Å²) in [5.74, 6) is 0.902. The fourth-order valence-electron chi connectivity index (χ4n) is 4.25. The molecule has 2 fully saturated rings. The van der Waals surface area contributed by atoms with Crippen molar-refractivity contribution in [3.8, 4) is 0 Å². The number of fused-ring (bicyclic) bond motifs is 1. The summed E-state index contributed by atoms with van der Waals surface area (Å²) in [5.41, 5.74) is 1.15. The van der Waals surface area contributed by atoms with Gasteiger partial charge in [-0.3, -0.25) is 9.59 Å². The number of halogens is 3. The lowest BCUT2D eigenvalue weighted by atomic mass is 10.2. The van der Waals surface area contributed by atoms with Crippen LogP contribution in [0.3, 0.4) is 0 Å². The van der Waals surface area contributed by atoms with Crippen molar-refractivity contribution < 1.29 is 22.8 Å². The maximum atomic E-state index is 12.7. The molecule has 1 aliphatic heterocycles. The number of carbonyl (C=O) groups excluding carboxylic acids is 2. The molecule has 32 heavy (non-hydrogen) atoms. The second kappa shape index (κ2) is 7.61. The van der Waals surface area contributed by atoms with Crippen LogP contribution < -0.4 is 10.2 Å². The third kappa shape index (κ3) is 4.04. The maximum absolute atomic E-state index is 12.7. The molecule has 10 heteroatoms. The minimum Gasteiger partial charge on any atom is -0.351 e. The summed E-state index contributed by atoms with van der Waals surface area (Å²) in [7, 11) is 0. The largest absolute Gasteiger partial charge is 0.433 e. The van der Waals surface area contributed by atoms with E-state index in [-0.39, 0.29) is 48.3 Å². The molecule has 1 aromatic carbocycles. The topological polar surface area (TPSA) is 91.0 Å². The van der Waals surface area contributed by atoms with E-state index in [1.807, 2.05) is 24.3 Å². The lowest BCUT2D eigenvalue weighted by Crippen LogP contribution is -2.37. The molecule has 3 heterocycles. The number of aromatic amines is 1. The minimum atomic E-state index is -4.53. The molecule has 2 aliphatic rings. The van der Waals surface area contributed by atoms with Crippen LogP contribution in [0.5, 0.6) is 0 Å². The molecule has 1 saturated heterocycles. The number of nitrogens with one attached hydrogen (secondary N) is 2. The number of rotatable bonds is 5. The van der Waals surface area contributed by atoms with Gasteiger partial charge in [0.1, 0.15) is 11.5 Å². The Morgan fingerprint density at radius 2 is 2.03 bits per heavy atom. The molecular formula is C22H20F3N5O2. The zero-order valence-electron chi connectivity index (χ0n) is 16.9. The van der Waals surface area contributed by atoms with Crippen LogP contribution in [-0.2, 0) is 15.8 Å². The molecule has 5 rings (SSSR count). The quantitative estimate of drug-likeness (QED) is 0.633. The number of para-hydroxylation sites is 2. The van der Waals surface area contributed by atoms with Crippen molar-refractivity contribution in [2.75, 3.05) is 11.4 Å². The number of nitrogens with zero attached hydrogens (tertiary/aromatic N) is 3. The molecule has 0 radical (unpaired) electrons. The van der Waals surface area contributed by atoms with E-state index in [2.05, 4.69) is 20.3 Å². The summed E-state index contributed by atoms with van der Waals surface area (Å²) < 4.78 is 38.0. The van der Waals surface area contributed by atoms with Gasteiger partial charge in [0.2, 0.25) is 11.8 Å². The third-order valence-corrected chi connectivity index (χ3v) is 5.97. The van der Waals surface area contributed by atoms with Gasteiger partial charge in [-0.05, 0) is 36.6 Å².